The Balaban J connectivity index is 1.18. The maximum absolute atomic E-state index is 6.08. The minimum absolute atomic E-state index is 0.681. The van der Waals surface area contributed by atoms with E-state index in [9.17, 15) is 0 Å². The lowest BCUT2D eigenvalue weighted by molar-refractivity contribution is 0.669. The number of nitrogens with zero attached hydrogens (tertiary/aromatic N) is 3. The Labute approximate surface area is 250 Å². The van der Waals surface area contributed by atoms with Gasteiger partial charge in [0.05, 0.1) is 21.6 Å². The second-order valence-corrected chi connectivity index (χ2v) is 12.1. The molecule has 0 saturated carbocycles. The third-order valence-corrected chi connectivity index (χ3v) is 9.75. The van der Waals surface area contributed by atoms with Crippen LogP contribution in [0.2, 0.25) is 0 Å². The SMILES string of the molecule is c1cc2c3c(cccc3c1)-c1nc(-n3c4ccccc4c4cc(-c5ccc6oc7ccccc7c6c5)ccc43)ncc1S2. The standard InChI is InChI=1S/C38H21N3OS/c1-3-12-30-25(9-1)28-19-23(24-16-18-33-29(20-24)26-10-2-4-13-32(26)42-33)15-17-31(28)41(30)38-39-21-35-37(40-38)27-11-5-7-22-8-6-14-34(43-35)36(22)27/h1-21H. The summed E-state index contributed by atoms with van der Waals surface area (Å²) in [5.41, 5.74) is 8.47. The van der Waals surface area contributed by atoms with Crippen molar-refractivity contribution in [1.82, 2.24) is 14.5 Å². The van der Waals surface area contributed by atoms with Crippen LogP contribution in [-0.2, 0) is 0 Å². The monoisotopic (exact) mass is 567 g/mol. The molecule has 10 rings (SSSR count). The van der Waals surface area contributed by atoms with E-state index in [1.807, 2.05) is 18.3 Å². The lowest BCUT2D eigenvalue weighted by atomic mass is 10.0. The molecule has 1 aliphatic rings. The summed E-state index contributed by atoms with van der Waals surface area (Å²) in [5.74, 6) is 0.681. The van der Waals surface area contributed by atoms with E-state index < -0.39 is 0 Å². The van der Waals surface area contributed by atoms with Gasteiger partial charge in [-0.2, -0.15) is 0 Å². The molecule has 5 heteroatoms. The normalized spacial score (nSPS) is 12.6. The first-order chi connectivity index (χ1) is 21.3. The Hall–Kier alpha value is -5.39. The number of hydrogen-bond acceptors (Lipinski definition) is 4. The van der Waals surface area contributed by atoms with Gasteiger partial charge in [0.25, 0.3) is 0 Å². The molecule has 0 radical (unpaired) electrons. The van der Waals surface area contributed by atoms with E-state index in [1.165, 1.54) is 26.4 Å². The predicted molar refractivity (Wildman–Crippen MR) is 176 cm³/mol. The molecule has 0 spiro atoms. The summed E-state index contributed by atoms with van der Waals surface area (Å²) in [4.78, 5) is 12.5. The highest BCUT2D eigenvalue weighted by Crippen LogP contribution is 2.47. The molecule has 43 heavy (non-hydrogen) atoms. The predicted octanol–water partition coefficient (Wildman–Crippen LogP) is 10.4. The molecule has 0 amide bonds. The number of aromatic nitrogens is 3. The van der Waals surface area contributed by atoms with Crippen LogP contribution >= 0.6 is 11.8 Å². The molecule has 200 valence electrons. The van der Waals surface area contributed by atoms with E-state index in [2.05, 4.69) is 114 Å². The number of hydrogen-bond donors (Lipinski definition) is 0. The van der Waals surface area contributed by atoms with Gasteiger partial charge in [-0.05, 0) is 59.0 Å². The topological polar surface area (TPSA) is 43.9 Å². The van der Waals surface area contributed by atoms with Crippen molar-refractivity contribution in [2.45, 2.75) is 9.79 Å². The van der Waals surface area contributed by atoms with Crippen molar-refractivity contribution in [2.24, 2.45) is 0 Å². The minimum Gasteiger partial charge on any atom is -0.456 e. The van der Waals surface area contributed by atoms with Crippen LogP contribution in [0.3, 0.4) is 0 Å². The second kappa shape index (κ2) is 8.57. The minimum atomic E-state index is 0.681. The summed E-state index contributed by atoms with van der Waals surface area (Å²) in [6, 6.07) is 42.9. The van der Waals surface area contributed by atoms with Crippen molar-refractivity contribution >= 4 is 66.3 Å². The third kappa shape index (κ3) is 3.28. The van der Waals surface area contributed by atoms with Crippen LogP contribution in [-0.4, -0.2) is 14.5 Å². The van der Waals surface area contributed by atoms with E-state index >= 15 is 0 Å². The first-order valence-electron chi connectivity index (χ1n) is 14.3. The number of furan rings is 1. The van der Waals surface area contributed by atoms with Gasteiger partial charge in [-0.15, -0.1) is 0 Å². The molecule has 4 nitrogen and oxygen atoms in total. The number of para-hydroxylation sites is 2. The summed E-state index contributed by atoms with van der Waals surface area (Å²) in [5, 5.41) is 7.12. The smallest absolute Gasteiger partial charge is 0.235 e. The first-order valence-corrected chi connectivity index (χ1v) is 15.1. The van der Waals surface area contributed by atoms with Gasteiger partial charge >= 0.3 is 0 Å². The largest absolute Gasteiger partial charge is 0.456 e. The highest BCUT2D eigenvalue weighted by molar-refractivity contribution is 7.99. The average molecular weight is 568 g/mol. The van der Waals surface area contributed by atoms with Gasteiger partial charge in [-0.25, -0.2) is 9.97 Å². The lowest BCUT2D eigenvalue weighted by Gasteiger charge is -2.19. The van der Waals surface area contributed by atoms with Gasteiger partial charge in [0.15, 0.2) is 0 Å². The van der Waals surface area contributed by atoms with Gasteiger partial charge < -0.3 is 4.42 Å². The molecule has 0 fully saturated rings. The van der Waals surface area contributed by atoms with Crippen LogP contribution in [0.15, 0.2) is 142 Å². The molecule has 0 aliphatic carbocycles. The molecule has 0 unspecified atom stereocenters. The van der Waals surface area contributed by atoms with Gasteiger partial charge in [-0.3, -0.25) is 4.57 Å². The fourth-order valence-corrected chi connectivity index (χ4v) is 7.79. The Morgan fingerprint density at radius 1 is 0.581 bits per heavy atom. The van der Waals surface area contributed by atoms with Crippen molar-refractivity contribution in [3.63, 3.8) is 0 Å². The highest BCUT2D eigenvalue weighted by atomic mass is 32.2. The van der Waals surface area contributed by atoms with Crippen LogP contribution in [0.4, 0.5) is 0 Å². The number of fused-ring (bicyclic) bond motifs is 8. The van der Waals surface area contributed by atoms with Crippen LogP contribution in [0.5, 0.6) is 0 Å². The maximum Gasteiger partial charge on any atom is 0.235 e. The van der Waals surface area contributed by atoms with Gasteiger partial charge in [0.1, 0.15) is 11.2 Å². The van der Waals surface area contributed by atoms with Crippen molar-refractivity contribution in [3.05, 3.63) is 128 Å². The molecule has 9 aromatic rings. The Morgan fingerprint density at radius 3 is 2.26 bits per heavy atom. The molecule has 0 saturated heterocycles. The van der Waals surface area contributed by atoms with Gasteiger partial charge in [-0.1, -0.05) is 90.6 Å². The van der Waals surface area contributed by atoms with Gasteiger partial charge in [0.2, 0.25) is 5.95 Å². The molecule has 6 aromatic carbocycles. The van der Waals surface area contributed by atoms with E-state index in [4.69, 9.17) is 14.4 Å². The molecular formula is C38H21N3OS. The summed E-state index contributed by atoms with van der Waals surface area (Å²) in [7, 11) is 0. The number of rotatable bonds is 2. The molecule has 1 aliphatic heterocycles. The fraction of sp³-hybridized carbons (Fsp3) is 0. The maximum atomic E-state index is 6.08. The summed E-state index contributed by atoms with van der Waals surface area (Å²) in [6.45, 7) is 0. The Kier molecular flexibility index (Phi) is 4.62. The fourth-order valence-electron chi connectivity index (χ4n) is 6.72. The van der Waals surface area contributed by atoms with E-state index in [0.29, 0.717) is 5.95 Å². The van der Waals surface area contributed by atoms with Gasteiger partial charge in [0, 0.05) is 43.6 Å². The average Bonchev–Trinajstić information content (AvgIpc) is 3.60. The number of benzene rings is 6. The van der Waals surface area contributed by atoms with Crippen molar-refractivity contribution in [2.75, 3.05) is 0 Å². The molecule has 0 atom stereocenters. The first kappa shape index (κ1) is 23.2. The van der Waals surface area contributed by atoms with E-state index in [0.717, 1.165) is 60.3 Å². The zero-order chi connectivity index (χ0) is 28.1. The zero-order valence-corrected chi connectivity index (χ0v) is 23.6. The lowest BCUT2D eigenvalue weighted by Crippen LogP contribution is -2.05. The summed E-state index contributed by atoms with van der Waals surface area (Å²) < 4.78 is 8.28. The molecule has 0 bridgehead atoms. The summed E-state index contributed by atoms with van der Waals surface area (Å²) >= 11 is 1.75. The van der Waals surface area contributed by atoms with Crippen LogP contribution in [0, 0.1) is 0 Å². The van der Waals surface area contributed by atoms with Crippen LogP contribution in [0.25, 0.3) is 82.8 Å². The van der Waals surface area contributed by atoms with Crippen molar-refractivity contribution in [1.29, 1.82) is 0 Å². The van der Waals surface area contributed by atoms with E-state index in [1.54, 1.807) is 11.8 Å². The Morgan fingerprint density at radius 2 is 1.33 bits per heavy atom. The van der Waals surface area contributed by atoms with Crippen LogP contribution in [0.1, 0.15) is 0 Å². The second-order valence-electron chi connectivity index (χ2n) is 11.0. The summed E-state index contributed by atoms with van der Waals surface area (Å²) in [6.07, 6.45) is 1.98. The van der Waals surface area contributed by atoms with Crippen LogP contribution < -0.4 is 0 Å². The molecule has 0 N–H and O–H groups in total. The highest BCUT2D eigenvalue weighted by Gasteiger charge is 2.23. The van der Waals surface area contributed by atoms with Crippen molar-refractivity contribution < 1.29 is 4.42 Å². The zero-order valence-electron chi connectivity index (χ0n) is 22.8. The molecular weight excluding hydrogens is 547 g/mol. The molecule has 4 heterocycles. The third-order valence-electron chi connectivity index (χ3n) is 8.67. The van der Waals surface area contributed by atoms with Crippen molar-refractivity contribution in [3.8, 4) is 28.3 Å². The van der Waals surface area contributed by atoms with E-state index in [-0.39, 0.29) is 0 Å². The quantitative estimate of drug-likeness (QED) is 0.208. The molecule has 3 aromatic heterocycles. The Bertz CT molecular complexity index is 2610.